The summed E-state index contributed by atoms with van der Waals surface area (Å²) in [6.45, 7) is 0.634. The van der Waals surface area contributed by atoms with Crippen molar-refractivity contribution in [2.75, 3.05) is 12.9 Å². The molecule has 1 aliphatic heterocycles. The van der Waals surface area contributed by atoms with E-state index in [1.165, 1.54) is 21.5 Å². The second-order valence-corrected chi connectivity index (χ2v) is 19.6. The first-order valence-corrected chi connectivity index (χ1v) is 19.0. The minimum atomic E-state index is -3.21. The van der Waals surface area contributed by atoms with Crippen LogP contribution in [0.3, 0.4) is 0 Å². The Kier molecular flexibility index (Phi) is 8.78. The maximum absolute atomic E-state index is 6.71. The Morgan fingerprint density at radius 3 is 1.73 bits per heavy atom. The summed E-state index contributed by atoms with van der Waals surface area (Å²) in [4.78, 5) is 9.24. The topological polar surface area (TPSA) is 84.0 Å². The van der Waals surface area contributed by atoms with Gasteiger partial charge in [-0.25, -0.2) is 0 Å². The molecule has 0 bridgehead atoms. The summed E-state index contributed by atoms with van der Waals surface area (Å²) in [6.07, 6.45) is 0.932. The Labute approximate surface area is 266 Å². The maximum atomic E-state index is 6.71. The normalized spacial score (nSPS) is 16.6. The Hall–Kier alpha value is -4.45. The molecule has 0 fully saturated rings. The van der Waals surface area contributed by atoms with Crippen molar-refractivity contribution in [1.82, 2.24) is 10.6 Å². The Balaban J connectivity index is 1.24. The van der Waals surface area contributed by atoms with E-state index in [4.69, 9.17) is 10.5 Å². The summed E-state index contributed by atoms with van der Waals surface area (Å²) in [5.41, 5.74) is 8.34. The van der Waals surface area contributed by atoms with E-state index in [0.29, 0.717) is 24.8 Å². The number of hydrogen-bond donors (Lipinski definition) is 3. The number of nitrogens with zero attached hydrogens (tertiary/aromatic N) is 2. The van der Waals surface area contributed by atoms with Crippen LogP contribution in [0, 0.1) is 0 Å². The average Bonchev–Trinajstić information content (AvgIpc) is 3.09. The Morgan fingerprint density at radius 1 is 0.705 bits per heavy atom. The first-order valence-electron chi connectivity index (χ1n) is 14.6. The number of nitrogens with one attached hydrogen (secondary N) is 2. The van der Waals surface area contributed by atoms with E-state index in [-0.39, 0.29) is 6.17 Å². The minimum absolute atomic E-state index is 0.331. The van der Waals surface area contributed by atoms with E-state index >= 15 is 0 Å². The molecule has 0 saturated heterocycles. The molecule has 1 aliphatic rings. The Bertz CT molecular complexity index is 1630. The van der Waals surface area contributed by atoms with E-state index in [1.54, 1.807) is 0 Å². The third-order valence-electron chi connectivity index (χ3n) is 7.85. The van der Waals surface area contributed by atoms with Crippen molar-refractivity contribution in [2.45, 2.75) is 12.6 Å². The van der Waals surface area contributed by atoms with Crippen molar-refractivity contribution in [1.29, 1.82) is 0 Å². The zero-order valence-corrected chi connectivity index (χ0v) is 26.7. The molecule has 0 spiro atoms. The van der Waals surface area contributed by atoms with Gasteiger partial charge in [-0.15, -0.1) is 0 Å². The number of ether oxygens (including phenoxy) is 1. The molecule has 8 heteroatoms. The Morgan fingerprint density at radius 2 is 1.20 bits per heavy atom. The van der Waals surface area contributed by atoms with Crippen LogP contribution in [0.2, 0.25) is 0 Å². The van der Waals surface area contributed by atoms with Gasteiger partial charge in [0.2, 0.25) is 0 Å². The molecule has 1 atom stereocenters. The number of aliphatic imine (C=N–C) groups is 2. The zero-order valence-electron chi connectivity index (χ0n) is 24.3. The van der Waals surface area contributed by atoms with Crippen LogP contribution in [0.1, 0.15) is 17.3 Å². The third kappa shape index (κ3) is 6.12. The van der Waals surface area contributed by atoms with Crippen molar-refractivity contribution < 1.29 is 4.74 Å². The van der Waals surface area contributed by atoms with Gasteiger partial charge >= 0.3 is 232 Å². The fraction of sp³-hybridized carbons (Fsp3) is 0.111. The number of rotatable bonds is 10. The summed E-state index contributed by atoms with van der Waals surface area (Å²) in [5.74, 6) is 1.72. The van der Waals surface area contributed by atoms with E-state index in [1.807, 2.05) is 42.5 Å². The van der Waals surface area contributed by atoms with Gasteiger partial charge in [0, 0.05) is 0 Å². The molecule has 6 rings (SSSR count). The number of hydrogen-bond acceptors (Lipinski definition) is 4. The van der Waals surface area contributed by atoms with Gasteiger partial charge in [0.05, 0.1) is 0 Å². The van der Waals surface area contributed by atoms with Crippen LogP contribution in [-0.2, 0) is 6.42 Å². The quantitative estimate of drug-likeness (QED) is 0.161. The van der Waals surface area contributed by atoms with Crippen molar-refractivity contribution in [3.63, 3.8) is 0 Å². The molecule has 0 aliphatic carbocycles. The molecule has 1 heterocycles. The van der Waals surface area contributed by atoms with Crippen molar-refractivity contribution >= 4 is 48.6 Å². The monoisotopic (exact) mass is 663 g/mol. The van der Waals surface area contributed by atoms with Crippen LogP contribution in [0.15, 0.2) is 156 Å². The van der Waals surface area contributed by atoms with Crippen LogP contribution in [0.5, 0.6) is 5.75 Å². The molecule has 0 aromatic heterocycles. The fourth-order valence-corrected chi connectivity index (χ4v) is 12.1. The van der Waals surface area contributed by atoms with E-state index < -0.39 is 5.31 Å². The molecule has 1 unspecified atom stereocenters. The molecular formula is C36H35BrN5OP. The first kappa shape index (κ1) is 29.6. The molecule has 0 radical (unpaired) electrons. The van der Waals surface area contributed by atoms with Gasteiger partial charge < -0.3 is 0 Å². The summed E-state index contributed by atoms with van der Waals surface area (Å²) < 4.78 is 6.71. The summed E-state index contributed by atoms with van der Waals surface area (Å²) >= 11 is 4.44. The third-order valence-corrected chi connectivity index (χ3v) is 16.9. The molecular weight excluding hydrogens is 629 g/mol. The van der Waals surface area contributed by atoms with E-state index in [2.05, 4.69) is 139 Å². The van der Waals surface area contributed by atoms with Crippen molar-refractivity contribution in [3.05, 3.63) is 157 Å². The SMILES string of the molecule is NC1=NC(c2ccc(OCP(Br)(c3ccccc3)(c3ccccc3)c3ccccc3)cc2)NC(=NCCc2ccccc2)N1. The van der Waals surface area contributed by atoms with Gasteiger partial charge in [0.25, 0.3) is 0 Å². The van der Waals surface area contributed by atoms with Crippen LogP contribution >= 0.6 is 20.8 Å². The molecule has 6 nitrogen and oxygen atoms in total. The first-order chi connectivity index (χ1) is 21.5. The van der Waals surface area contributed by atoms with E-state index in [0.717, 1.165) is 17.7 Å². The summed E-state index contributed by atoms with van der Waals surface area (Å²) in [5, 5.41) is 6.80. The predicted octanol–water partition coefficient (Wildman–Crippen LogP) is 5.97. The molecule has 0 saturated carbocycles. The zero-order chi connectivity index (χ0) is 30.3. The summed E-state index contributed by atoms with van der Waals surface area (Å²) in [7, 11) is 0. The molecule has 44 heavy (non-hydrogen) atoms. The van der Waals surface area contributed by atoms with E-state index in [9.17, 15) is 0 Å². The summed E-state index contributed by atoms with van der Waals surface area (Å²) in [6, 6.07) is 50.2. The second kappa shape index (κ2) is 13.0. The average molecular weight is 665 g/mol. The van der Waals surface area contributed by atoms with Gasteiger partial charge in [0.15, 0.2) is 0 Å². The number of halogens is 1. The van der Waals surface area contributed by atoms with Crippen LogP contribution < -0.4 is 37.0 Å². The van der Waals surface area contributed by atoms with Gasteiger partial charge in [-0.1, -0.05) is 30.3 Å². The van der Waals surface area contributed by atoms with Crippen LogP contribution in [-0.4, -0.2) is 24.8 Å². The van der Waals surface area contributed by atoms with Crippen LogP contribution in [0.25, 0.3) is 0 Å². The van der Waals surface area contributed by atoms with Gasteiger partial charge in [0.1, 0.15) is 0 Å². The standard InChI is InChI=1S/C36H35BrN5OP/c37-44(31-15-7-2-8-16-31,32-17-9-3-10-18-32,33-19-11-4-12-20-33)27-43-30-23-21-29(22-24-30)34-40-35(38)42-36(41-34)39-26-25-28-13-5-1-6-14-28/h1-24,34H,25-27H2,(H4,38,39,40,41,42). The number of guanidine groups is 2. The van der Waals surface area contributed by atoms with Gasteiger partial charge in [-0.05, 0) is 5.56 Å². The number of nitrogens with two attached hydrogens (primary N) is 1. The fourth-order valence-electron chi connectivity index (χ4n) is 5.50. The van der Waals surface area contributed by atoms with Crippen molar-refractivity contribution in [2.24, 2.45) is 15.7 Å². The van der Waals surface area contributed by atoms with Gasteiger partial charge in [-0.2, -0.15) is 0 Å². The van der Waals surface area contributed by atoms with Crippen LogP contribution in [0.4, 0.5) is 0 Å². The molecule has 4 N–H and O–H groups in total. The predicted molar refractivity (Wildman–Crippen MR) is 189 cm³/mol. The second-order valence-electron chi connectivity index (χ2n) is 10.7. The molecule has 222 valence electrons. The molecule has 5 aromatic rings. The molecule has 5 aromatic carbocycles. The number of benzene rings is 5. The van der Waals surface area contributed by atoms with Crippen molar-refractivity contribution in [3.8, 4) is 5.75 Å². The van der Waals surface area contributed by atoms with Gasteiger partial charge in [-0.3, -0.25) is 0 Å². The molecule has 0 amide bonds.